The van der Waals surface area contributed by atoms with E-state index in [2.05, 4.69) is 10.5 Å². The van der Waals surface area contributed by atoms with Crippen molar-refractivity contribution < 1.29 is 10.0 Å². The van der Waals surface area contributed by atoms with Crippen LogP contribution in [0, 0.1) is 0 Å². The summed E-state index contributed by atoms with van der Waals surface area (Å²) in [5.74, 6) is -0.361. The van der Waals surface area contributed by atoms with Crippen LogP contribution in [0.1, 0.15) is 6.42 Å². The molecular weight excluding hydrogens is 122 g/mol. The summed E-state index contributed by atoms with van der Waals surface area (Å²) in [6.45, 7) is 0. The number of amidine groups is 1. The summed E-state index contributed by atoms with van der Waals surface area (Å²) in [5.41, 5.74) is 4.99. The molecule has 0 atom stereocenters. The van der Waals surface area contributed by atoms with Crippen molar-refractivity contribution in [1.29, 1.82) is 0 Å². The summed E-state index contributed by atoms with van der Waals surface area (Å²) in [7, 11) is 1.48. The standard InChI is InChI=1S/C4H9N3O2/c1-6-4(8)2-3(5)7-9/h9H,2H2,1H3,(H2,5,7)(H,6,8). The Morgan fingerprint density at radius 3 is 2.78 bits per heavy atom. The summed E-state index contributed by atoms with van der Waals surface area (Å²) >= 11 is 0. The Hall–Kier alpha value is -1.26. The molecule has 0 aliphatic carbocycles. The summed E-state index contributed by atoms with van der Waals surface area (Å²) in [4.78, 5) is 10.4. The fraction of sp³-hybridized carbons (Fsp3) is 0.500. The van der Waals surface area contributed by atoms with E-state index >= 15 is 0 Å². The number of nitrogens with two attached hydrogens (primary N) is 1. The Morgan fingerprint density at radius 2 is 2.44 bits per heavy atom. The molecule has 5 nitrogen and oxygen atoms in total. The molecule has 0 saturated carbocycles. The van der Waals surface area contributed by atoms with Gasteiger partial charge >= 0.3 is 0 Å². The van der Waals surface area contributed by atoms with Gasteiger partial charge in [-0.1, -0.05) is 5.16 Å². The summed E-state index contributed by atoms with van der Waals surface area (Å²) in [6.07, 6.45) is -0.0625. The van der Waals surface area contributed by atoms with E-state index in [4.69, 9.17) is 10.9 Å². The number of nitrogens with one attached hydrogen (secondary N) is 1. The molecule has 9 heavy (non-hydrogen) atoms. The average Bonchev–Trinajstić information content (AvgIpc) is 1.87. The lowest BCUT2D eigenvalue weighted by atomic mass is 10.4. The SMILES string of the molecule is CNC(=O)C/C(N)=N/O. The van der Waals surface area contributed by atoms with Crippen LogP contribution in [0.5, 0.6) is 0 Å². The minimum absolute atomic E-state index is 0.0625. The number of rotatable bonds is 2. The van der Waals surface area contributed by atoms with E-state index in [9.17, 15) is 4.79 Å². The van der Waals surface area contributed by atoms with Gasteiger partial charge in [0.2, 0.25) is 5.91 Å². The van der Waals surface area contributed by atoms with Gasteiger partial charge in [-0.05, 0) is 0 Å². The van der Waals surface area contributed by atoms with Gasteiger partial charge in [0.25, 0.3) is 0 Å². The van der Waals surface area contributed by atoms with Crippen molar-refractivity contribution in [2.45, 2.75) is 6.42 Å². The van der Waals surface area contributed by atoms with Crippen molar-refractivity contribution >= 4 is 11.7 Å². The monoisotopic (exact) mass is 131 g/mol. The van der Waals surface area contributed by atoms with Crippen LogP contribution < -0.4 is 11.1 Å². The maximum atomic E-state index is 10.4. The minimum Gasteiger partial charge on any atom is -0.409 e. The lowest BCUT2D eigenvalue weighted by Crippen LogP contribution is -2.25. The van der Waals surface area contributed by atoms with Crippen molar-refractivity contribution in [1.82, 2.24) is 5.32 Å². The van der Waals surface area contributed by atoms with Crippen molar-refractivity contribution in [3.05, 3.63) is 0 Å². The van der Waals surface area contributed by atoms with E-state index < -0.39 is 0 Å². The molecule has 0 heterocycles. The first-order chi connectivity index (χ1) is 4.20. The van der Waals surface area contributed by atoms with Crippen LogP contribution in [0.3, 0.4) is 0 Å². The Bertz CT molecular complexity index is 132. The van der Waals surface area contributed by atoms with E-state index in [-0.39, 0.29) is 18.2 Å². The van der Waals surface area contributed by atoms with Crippen LogP contribution in [0.15, 0.2) is 5.16 Å². The lowest BCUT2D eigenvalue weighted by molar-refractivity contribution is -0.119. The molecule has 52 valence electrons. The number of nitrogens with zero attached hydrogens (tertiary/aromatic N) is 1. The Labute approximate surface area is 52.5 Å². The van der Waals surface area contributed by atoms with Crippen molar-refractivity contribution in [3.8, 4) is 0 Å². The van der Waals surface area contributed by atoms with Crippen LogP contribution in [0.2, 0.25) is 0 Å². The fourth-order valence-corrected chi connectivity index (χ4v) is 0.288. The maximum Gasteiger partial charge on any atom is 0.227 e. The smallest absolute Gasteiger partial charge is 0.227 e. The summed E-state index contributed by atoms with van der Waals surface area (Å²) in [6, 6.07) is 0. The molecule has 0 fully saturated rings. The topological polar surface area (TPSA) is 87.7 Å². The molecule has 1 amide bonds. The van der Waals surface area contributed by atoms with Gasteiger partial charge in [0.05, 0.1) is 6.42 Å². The normalized spacial score (nSPS) is 11.0. The minimum atomic E-state index is -0.273. The van der Waals surface area contributed by atoms with Gasteiger partial charge in [0.15, 0.2) is 0 Å². The van der Waals surface area contributed by atoms with Crippen LogP contribution in [-0.2, 0) is 4.79 Å². The highest BCUT2D eigenvalue weighted by molar-refractivity contribution is 5.98. The number of carbonyl (C=O) groups excluding carboxylic acids is 1. The number of amides is 1. The van der Waals surface area contributed by atoms with Gasteiger partial charge in [-0.25, -0.2) is 0 Å². The predicted molar refractivity (Wildman–Crippen MR) is 32.1 cm³/mol. The Morgan fingerprint density at radius 1 is 1.89 bits per heavy atom. The highest BCUT2D eigenvalue weighted by Crippen LogP contribution is 1.76. The molecule has 0 aliphatic heterocycles. The largest absolute Gasteiger partial charge is 0.409 e. The van der Waals surface area contributed by atoms with Crippen LogP contribution in [-0.4, -0.2) is 24.0 Å². The number of oxime groups is 1. The Balaban J connectivity index is 3.60. The highest BCUT2D eigenvalue weighted by atomic mass is 16.4. The van der Waals surface area contributed by atoms with E-state index in [0.29, 0.717) is 0 Å². The third-order valence-electron chi connectivity index (χ3n) is 0.749. The summed E-state index contributed by atoms with van der Waals surface area (Å²) < 4.78 is 0. The van der Waals surface area contributed by atoms with Crippen LogP contribution in [0.4, 0.5) is 0 Å². The first-order valence-electron chi connectivity index (χ1n) is 2.37. The molecule has 0 bridgehead atoms. The van der Waals surface area contributed by atoms with Crippen LogP contribution in [0.25, 0.3) is 0 Å². The summed E-state index contributed by atoms with van der Waals surface area (Å²) in [5, 5.41) is 12.9. The second kappa shape index (κ2) is 3.71. The molecule has 0 aromatic heterocycles. The average molecular weight is 131 g/mol. The van der Waals surface area contributed by atoms with Gasteiger partial charge in [0, 0.05) is 7.05 Å². The second-order valence-electron chi connectivity index (χ2n) is 1.44. The third kappa shape index (κ3) is 3.33. The van der Waals surface area contributed by atoms with Gasteiger partial charge < -0.3 is 16.3 Å². The molecule has 0 aromatic rings. The zero-order valence-corrected chi connectivity index (χ0v) is 5.09. The van der Waals surface area contributed by atoms with Gasteiger partial charge in [-0.2, -0.15) is 0 Å². The first-order valence-corrected chi connectivity index (χ1v) is 2.37. The first kappa shape index (κ1) is 7.74. The molecule has 0 aliphatic rings. The fourth-order valence-electron chi connectivity index (χ4n) is 0.288. The molecule has 0 unspecified atom stereocenters. The molecule has 0 aromatic carbocycles. The van der Waals surface area contributed by atoms with E-state index in [1.165, 1.54) is 7.05 Å². The molecule has 0 rings (SSSR count). The number of carbonyl (C=O) groups is 1. The Kier molecular flexibility index (Phi) is 3.19. The van der Waals surface area contributed by atoms with Gasteiger partial charge in [-0.15, -0.1) is 0 Å². The van der Waals surface area contributed by atoms with Crippen molar-refractivity contribution in [2.75, 3.05) is 7.05 Å². The molecule has 0 saturated heterocycles. The lowest BCUT2D eigenvalue weighted by Gasteiger charge is -1.94. The highest BCUT2D eigenvalue weighted by Gasteiger charge is 1.99. The maximum absolute atomic E-state index is 10.4. The van der Waals surface area contributed by atoms with Gasteiger partial charge in [0.1, 0.15) is 5.84 Å². The van der Waals surface area contributed by atoms with Crippen molar-refractivity contribution in [2.24, 2.45) is 10.9 Å². The second-order valence-corrected chi connectivity index (χ2v) is 1.44. The predicted octanol–water partition coefficient (Wildman–Crippen LogP) is -1.13. The number of hydrogen-bond donors (Lipinski definition) is 3. The van der Waals surface area contributed by atoms with E-state index in [0.717, 1.165) is 0 Å². The molecule has 0 spiro atoms. The van der Waals surface area contributed by atoms with E-state index in [1.807, 2.05) is 0 Å². The number of hydrogen-bond acceptors (Lipinski definition) is 3. The van der Waals surface area contributed by atoms with Crippen LogP contribution >= 0.6 is 0 Å². The van der Waals surface area contributed by atoms with Crippen molar-refractivity contribution in [3.63, 3.8) is 0 Å². The molecule has 0 radical (unpaired) electrons. The quantitative estimate of drug-likeness (QED) is 0.192. The third-order valence-corrected chi connectivity index (χ3v) is 0.749. The molecule has 4 N–H and O–H groups in total. The van der Waals surface area contributed by atoms with Gasteiger partial charge in [-0.3, -0.25) is 4.79 Å². The van der Waals surface area contributed by atoms with E-state index in [1.54, 1.807) is 0 Å². The zero-order valence-electron chi connectivity index (χ0n) is 5.09. The zero-order chi connectivity index (χ0) is 7.28. The molecule has 5 heteroatoms. The molecular formula is C4H9N3O2.